The van der Waals surface area contributed by atoms with E-state index in [0.29, 0.717) is 6.04 Å². The molecule has 0 amide bonds. The van der Waals surface area contributed by atoms with Gasteiger partial charge in [-0.05, 0) is 69.5 Å². The number of benzene rings is 1. The third-order valence-electron chi connectivity index (χ3n) is 7.65. The van der Waals surface area contributed by atoms with Crippen LogP contribution in [0, 0.1) is 11.8 Å². The fourth-order valence-electron chi connectivity index (χ4n) is 6.65. The summed E-state index contributed by atoms with van der Waals surface area (Å²) >= 11 is 0. The molecule has 0 radical (unpaired) electrons. The van der Waals surface area contributed by atoms with E-state index < -0.39 is 0 Å². The number of fused-ring (bicyclic) bond motifs is 5. The molecule has 2 aromatic rings. The molecule has 0 unspecified atom stereocenters. The summed E-state index contributed by atoms with van der Waals surface area (Å²) in [6.45, 7) is 3.84. The zero-order valence-electron chi connectivity index (χ0n) is 15.4. The highest BCUT2D eigenvalue weighted by Crippen LogP contribution is 2.48. The molecule has 4 atom stereocenters. The van der Waals surface area contributed by atoms with Gasteiger partial charge in [-0.2, -0.15) is 0 Å². The minimum Gasteiger partial charge on any atom is -0.398 e. The molecule has 6 rings (SSSR count). The summed E-state index contributed by atoms with van der Waals surface area (Å²) in [5.74, 6) is 2.84. The van der Waals surface area contributed by atoms with Crippen LogP contribution in [0.4, 0.5) is 11.5 Å². The minimum absolute atomic E-state index is 0.665. The Hall–Kier alpha value is -1.81. The van der Waals surface area contributed by atoms with Gasteiger partial charge in [0.05, 0.1) is 5.52 Å². The molecule has 4 aliphatic rings. The number of hydrogen-bond donors (Lipinski definition) is 1. The Kier molecular flexibility index (Phi) is 3.28. The molecular formula is C22H28N4. The lowest BCUT2D eigenvalue weighted by atomic mass is 9.68. The molecule has 26 heavy (non-hydrogen) atoms. The SMILES string of the molecule is Nc1c2c(nc3ccccc13)N1C[C@H]3CCCN4CCC[C@@H]([C@H]34)[C@H]1CC2. The molecule has 3 saturated heterocycles. The van der Waals surface area contributed by atoms with Gasteiger partial charge in [0.2, 0.25) is 0 Å². The van der Waals surface area contributed by atoms with Gasteiger partial charge in [-0.15, -0.1) is 0 Å². The molecule has 0 bridgehead atoms. The molecule has 0 saturated carbocycles. The molecule has 0 spiro atoms. The van der Waals surface area contributed by atoms with E-state index in [1.807, 2.05) is 0 Å². The second-order valence-corrected chi connectivity index (χ2v) is 8.84. The Bertz CT molecular complexity index is 861. The number of para-hydroxylation sites is 1. The lowest BCUT2D eigenvalue weighted by Crippen LogP contribution is -2.65. The minimum atomic E-state index is 0.665. The van der Waals surface area contributed by atoms with E-state index in [-0.39, 0.29) is 0 Å². The molecule has 0 aliphatic carbocycles. The van der Waals surface area contributed by atoms with Crippen LogP contribution >= 0.6 is 0 Å². The van der Waals surface area contributed by atoms with Gasteiger partial charge in [0.15, 0.2) is 0 Å². The van der Waals surface area contributed by atoms with Crippen LogP contribution in [-0.4, -0.2) is 41.6 Å². The van der Waals surface area contributed by atoms with E-state index in [4.69, 9.17) is 10.7 Å². The Balaban J connectivity index is 1.47. The van der Waals surface area contributed by atoms with Gasteiger partial charge >= 0.3 is 0 Å². The normalized spacial score (nSPS) is 33.5. The van der Waals surface area contributed by atoms with Crippen LogP contribution in [0.1, 0.15) is 37.7 Å². The van der Waals surface area contributed by atoms with Crippen LogP contribution < -0.4 is 10.6 Å². The summed E-state index contributed by atoms with van der Waals surface area (Å²) in [6, 6.07) is 9.88. The maximum Gasteiger partial charge on any atom is 0.134 e. The van der Waals surface area contributed by atoms with E-state index in [1.54, 1.807) is 0 Å². The van der Waals surface area contributed by atoms with Gasteiger partial charge in [0.25, 0.3) is 0 Å². The van der Waals surface area contributed by atoms with E-state index in [0.717, 1.165) is 40.9 Å². The Morgan fingerprint density at radius 3 is 2.81 bits per heavy atom. The standard InChI is InChI=1S/C22H28N4/c23-20-15-6-1-2-8-18(15)24-22-17(20)9-10-19-16-7-4-12-25-11-3-5-14(21(16)25)13-26(19)22/h1-2,6,8,14,16,19,21H,3-5,7,9-13H2,(H2,23,24)/t14-,16-,19-,21+/m1/s1. The molecule has 1 aromatic carbocycles. The van der Waals surface area contributed by atoms with Crippen molar-refractivity contribution in [2.45, 2.75) is 50.6 Å². The van der Waals surface area contributed by atoms with Crippen LogP contribution in [0.2, 0.25) is 0 Å². The average Bonchev–Trinajstić information content (AvgIpc) is 2.69. The maximum atomic E-state index is 6.62. The highest BCUT2D eigenvalue weighted by Gasteiger charge is 2.50. The highest BCUT2D eigenvalue weighted by atomic mass is 15.3. The van der Waals surface area contributed by atoms with E-state index in [2.05, 4.69) is 34.1 Å². The van der Waals surface area contributed by atoms with Crippen molar-refractivity contribution in [3.05, 3.63) is 29.8 Å². The number of nitrogen functional groups attached to an aromatic ring is 1. The van der Waals surface area contributed by atoms with Gasteiger partial charge in [-0.25, -0.2) is 4.98 Å². The van der Waals surface area contributed by atoms with Crippen molar-refractivity contribution in [2.75, 3.05) is 30.3 Å². The van der Waals surface area contributed by atoms with E-state index in [1.165, 1.54) is 63.1 Å². The molecule has 4 nitrogen and oxygen atoms in total. The van der Waals surface area contributed by atoms with Crippen LogP contribution in [0.3, 0.4) is 0 Å². The summed E-state index contributed by atoms with van der Waals surface area (Å²) in [5, 5.41) is 1.13. The Morgan fingerprint density at radius 2 is 1.88 bits per heavy atom. The van der Waals surface area contributed by atoms with Crippen molar-refractivity contribution < 1.29 is 0 Å². The number of pyridine rings is 1. The number of piperidine rings is 3. The van der Waals surface area contributed by atoms with Crippen LogP contribution in [0.5, 0.6) is 0 Å². The Morgan fingerprint density at radius 1 is 1.04 bits per heavy atom. The molecule has 4 heteroatoms. The Labute approximate surface area is 155 Å². The monoisotopic (exact) mass is 348 g/mol. The second-order valence-electron chi connectivity index (χ2n) is 8.84. The lowest BCUT2D eigenvalue weighted by Gasteiger charge is -2.59. The van der Waals surface area contributed by atoms with Crippen LogP contribution in [-0.2, 0) is 6.42 Å². The largest absolute Gasteiger partial charge is 0.398 e. The van der Waals surface area contributed by atoms with Gasteiger partial charge in [0, 0.05) is 35.3 Å². The predicted molar refractivity (Wildman–Crippen MR) is 106 cm³/mol. The van der Waals surface area contributed by atoms with Gasteiger partial charge in [-0.3, -0.25) is 4.90 Å². The first-order valence-corrected chi connectivity index (χ1v) is 10.5. The molecule has 136 valence electrons. The summed E-state index contributed by atoms with van der Waals surface area (Å²) in [6.07, 6.45) is 7.87. The van der Waals surface area contributed by atoms with E-state index in [9.17, 15) is 0 Å². The van der Waals surface area contributed by atoms with Crippen molar-refractivity contribution in [1.29, 1.82) is 0 Å². The molecular weight excluding hydrogens is 320 g/mol. The molecule has 1 aromatic heterocycles. The smallest absolute Gasteiger partial charge is 0.134 e. The van der Waals surface area contributed by atoms with E-state index >= 15 is 0 Å². The summed E-state index contributed by atoms with van der Waals surface area (Å²) in [5.41, 5.74) is 9.95. The maximum absolute atomic E-state index is 6.62. The van der Waals surface area contributed by atoms with Crippen LogP contribution in [0.15, 0.2) is 24.3 Å². The van der Waals surface area contributed by atoms with Gasteiger partial charge in [0.1, 0.15) is 5.82 Å². The van der Waals surface area contributed by atoms with Crippen molar-refractivity contribution in [3.8, 4) is 0 Å². The fourth-order valence-corrected chi connectivity index (χ4v) is 6.65. The number of nitrogens with zero attached hydrogens (tertiary/aromatic N) is 3. The number of aromatic nitrogens is 1. The number of rotatable bonds is 0. The zero-order valence-corrected chi connectivity index (χ0v) is 15.4. The topological polar surface area (TPSA) is 45.4 Å². The predicted octanol–water partition coefficient (Wildman–Crippen LogP) is 3.44. The van der Waals surface area contributed by atoms with Crippen molar-refractivity contribution in [2.24, 2.45) is 11.8 Å². The van der Waals surface area contributed by atoms with Crippen molar-refractivity contribution in [3.63, 3.8) is 0 Å². The first-order chi connectivity index (χ1) is 12.8. The van der Waals surface area contributed by atoms with Crippen molar-refractivity contribution >= 4 is 22.4 Å². The first-order valence-electron chi connectivity index (χ1n) is 10.5. The quantitative estimate of drug-likeness (QED) is 0.792. The third-order valence-corrected chi connectivity index (χ3v) is 7.65. The van der Waals surface area contributed by atoms with Gasteiger partial charge < -0.3 is 10.6 Å². The summed E-state index contributed by atoms with van der Waals surface area (Å²) in [7, 11) is 0. The first kappa shape index (κ1) is 15.3. The summed E-state index contributed by atoms with van der Waals surface area (Å²) < 4.78 is 0. The number of nitrogens with two attached hydrogens (primary N) is 1. The number of anilines is 2. The third kappa shape index (κ3) is 2.02. The van der Waals surface area contributed by atoms with Crippen LogP contribution in [0.25, 0.3) is 10.9 Å². The number of hydrogen-bond acceptors (Lipinski definition) is 4. The molecule has 3 fully saturated rings. The highest BCUT2D eigenvalue weighted by molar-refractivity contribution is 5.94. The lowest BCUT2D eigenvalue weighted by molar-refractivity contribution is -0.0142. The second kappa shape index (κ2) is 5.59. The van der Waals surface area contributed by atoms with Gasteiger partial charge in [-0.1, -0.05) is 18.2 Å². The average molecular weight is 348 g/mol. The molecule has 5 heterocycles. The zero-order chi connectivity index (χ0) is 17.3. The fraction of sp³-hybridized carbons (Fsp3) is 0.591. The molecule has 4 aliphatic heterocycles. The summed E-state index contributed by atoms with van der Waals surface area (Å²) in [4.78, 5) is 10.7. The van der Waals surface area contributed by atoms with Crippen molar-refractivity contribution in [1.82, 2.24) is 9.88 Å². The molecule has 2 N–H and O–H groups in total.